The molecule has 0 aliphatic heterocycles. The number of nitrogens with one attached hydrogen (secondary N) is 1. The molecule has 2 aromatic carbocycles. The second kappa shape index (κ2) is 7.28. The van der Waals surface area contributed by atoms with Crippen molar-refractivity contribution in [2.75, 3.05) is 7.11 Å². The molecule has 9 heteroatoms. The number of sulfonamides is 1. The van der Waals surface area contributed by atoms with Gasteiger partial charge in [-0.1, -0.05) is 18.2 Å². The number of methoxy groups -OCH3 is 1. The van der Waals surface area contributed by atoms with Gasteiger partial charge in [0, 0.05) is 5.56 Å². The van der Waals surface area contributed by atoms with Crippen LogP contribution in [0.4, 0.5) is 0 Å². The van der Waals surface area contributed by atoms with E-state index in [1.165, 1.54) is 43.5 Å². The summed E-state index contributed by atoms with van der Waals surface area (Å²) < 4.78 is 31.0. The van der Waals surface area contributed by atoms with Crippen molar-refractivity contribution in [1.29, 1.82) is 0 Å². The molecule has 3 N–H and O–H groups in total. The van der Waals surface area contributed by atoms with Gasteiger partial charge in [-0.3, -0.25) is 10.2 Å². The molecular formula is C15H15N3O4S2. The first kappa shape index (κ1) is 17.7. The molecule has 0 fully saturated rings. The number of hydrogen-bond donors (Lipinski definition) is 2. The highest BCUT2D eigenvalue weighted by atomic mass is 32.2. The summed E-state index contributed by atoms with van der Waals surface area (Å²) in [6, 6.07) is 13.5. The Balaban J connectivity index is 2.45. The molecule has 0 aromatic heterocycles. The number of nitrogens with zero attached hydrogens (tertiary/aromatic N) is 1. The summed E-state index contributed by atoms with van der Waals surface area (Å²) in [5.74, 6) is -0.323. The Morgan fingerprint density at radius 3 is 2.21 bits per heavy atom. The van der Waals surface area contributed by atoms with Gasteiger partial charge in [-0.05, 0) is 48.6 Å². The standard InChI is InChI=1S/C15H15N3O4S2/c1-22-12-7-9-13(10-8-12)24(20,21)18(17-15(16)23)14(19)11-5-3-2-4-6-11/h2-10H,1H3,(H3,16,17,23). The number of hydrogen-bond acceptors (Lipinski definition) is 5. The summed E-state index contributed by atoms with van der Waals surface area (Å²) in [4.78, 5) is 12.5. The third kappa shape index (κ3) is 3.81. The molecular weight excluding hydrogens is 350 g/mol. The maximum absolute atomic E-state index is 12.8. The van der Waals surface area contributed by atoms with Gasteiger partial charge in [-0.2, -0.15) is 8.42 Å². The van der Waals surface area contributed by atoms with E-state index in [4.69, 9.17) is 10.5 Å². The molecule has 126 valence electrons. The van der Waals surface area contributed by atoms with Gasteiger partial charge in [0.1, 0.15) is 5.75 Å². The van der Waals surface area contributed by atoms with Gasteiger partial charge in [-0.15, -0.1) is 4.41 Å². The average molecular weight is 365 g/mol. The van der Waals surface area contributed by atoms with E-state index in [0.717, 1.165) is 0 Å². The molecule has 0 atom stereocenters. The maximum Gasteiger partial charge on any atom is 0.286 e. The van der Waals surface area contributed by atoms with Crippen molar-refractivity contribution in [2.45, 2.75) is 4.90 Å². The van der Waals surface area contributed by atoms with E-state index in [1.54, 1.807) is 18.2 Å². The molecule has 2 rings (SSSR count). The van der Waals surface area contributed by atoms with Crippen molar-refractivity contribution in [3.63, 3.8) is 0 Å². The van der Waals surface area contributed by atoms with E-state index in [1.807, 2.05) is 0 Å². The molecule has 24 heavy (non-hydrogen) atoms. The lowest BCUT2D eigenvalue weighted by Gasteiger charge is -2.23. The lowest BCUT2D eigenvalue weighted by atomic mass is 10.2. The highest BCUT2D eigenvalue weighted by Gasteiger charge is 2.31. The molecule has 0 saturated heterocycles. The Kier molecular flexibility index (Phi) is 5.37. The van der Waals surface area contributed by atoms with Crippen molar-refractivity contribution in [2.24, 2.45) is 5.73 Å². The van der Waals surface area contributed by atoms with Gasteiger partial charge in [0.25, 0.3) is 15.9 Å². The van der Waals surface area contributed by atoms with Crippen LogP contribution in [0.2, 0.25) is 0 Å². The monoisotopic (exact) mass is 365 g/mol. The number of amides is 1. The van der Waals surface area contributed by atoms with Crippen LogP contribution in [0.3, 0.4) is 0 Å². The molecule has 0 bridgehead atoms. The fourth-order valence-corrected chi connectivity index (χ4v) is 3.25. The van der Waals surface area contributed by atoms with Crippen LogP contribution in [-0.4, -0.2) is 31.0 Å². The molecule has 0 aliphatic carbocycles. The van der Waals surface area contributed by atoms with Crippen molar-refractivity contribution in [3.8, 4) is 5.75 Å². The third-order valence-corrected chi connectivity index (χ3v) is 4.71. The van der Waals surface area contributed by atoms with Gasteiger partial charge in [0.15, 0.2) is 5.11 Å². The van der Waals surface area contributed by atoms with E-state index < -0.39 is 15.9 Å². The minimum absolute atomic E-state index is 0.115. The van der Waals surface area contributed by atoms with Crippen LogP contribution in [0, 0.1) is 0 Å². The first-order valence-electron chi connectivity index (χ1n) is 6.71. The second-order valence-corrected chi connectivity index (χ2v) is 6.82. The predicted molar refractivity (Wildman–Crippen MR) is 92.7 cm³/mol. The van der Waals surface area contributed by atoms with E-state index in [-0.39, 0.29) is 15.6 Å². The zero-order chi connectivity index (χ0) is 17.7. The summed E-state index contributed by atoms with van der Waals surface area (Å²) in [6.45, 7) is 0. The molecule has 0 spiro atoms. The molecule has 0 aliphatic rings. The lowest BCUT2D eigenvalue weighted by Crippen LogP contribution is -2.51. The smallest absolute Gasteiger partial charge is 0.286 e. The normalized spacial score (nSPS) is 10.7. The Hall–Kier alpha value is -2.65. The van der Waals surface area contributed by atoms with Crippen LogP contribution in [0.5, 0.6) is 5.75 Å². The van der Waals surface area contributed by atoms with E-state index in [0.29, 0.717) is 10.2 Å². The molecule has 0 heterocycles. The SMILES string of the molecule is COc1ccc(S(=O)(=O)N(NC(N)=S)C(=O)c2ccccc2)cc1. The van der Waals surface area contributed by atoms with Crippen LogP contribution in [0.15, 0.2) is 59.5 Å². The Morgan fingerprint density at radius 1 is 1.12 bits per heavy atom. The van der Waals surface area contributed by atoms with Crippen LogP contribution in [0.25, 0.3) is 0 Å². The van der Waals surface area contributed by atoms with E-state index in [9.17, 15) is 13.2 Å². The molecule has 0 unspecified atom stereocenters. The minimum atomic E-state index is -4.22. The number of carbonyl (C=O) groups is 1. The third-order valence-electron chi connectivity index (χ3n) is 3.01. The van der Waals surface area contributed by atoms with Gasteiger partial charge in [0.2, 0.25) is 0 Å². The number of rotatable bonds is 4. The fraction of sp³-hybridized carbons (Fsp3) is 0.0667. The highest BCUT2D eigenvalue weighted by molar-refractivity contribution is 7.89. The Morgan fingerprint density at radius 2 is 1.71 bits per heavy atom. The van der Waals surface area contributed by atoms with E-state index >= 15 is 0 Å². The highest BCUT2D eigenvalue weighted by Crippen LogP contribution is 2.20. The Labute approximate surface area is 145 Å². The topological polar surface area (TPSA) is 102 Å². The largest absolute Gasteiger partial charge is 0.497 e. The number of thiocarbonyl (C=S) groups is 1. The van der Waals surface area contributed by atoms with Crippen molar-refractivity contribution < 1.29 is 17.9 Å². The minimum Gasteiger partial charge on any atom is -0.497 e. The summed E-state index contributed by atoms with van der Waals surface area (Å²) in [5.41, 5.74) is 7.76. The van der Waals surface area contributed by atoms with Gasteiger partial charge >= 0.3 is 0 Å². The van der Waals surface area contributed by atoms with Crippen LogP contribution >= 0.6 is 12.2 Å². The number of carbonyl (C=O) groups excluding carboxylic acids is 1. The summed E-state index contributed by atoms with van der Waals surface area (Å²) in [7, 11) is -2.76. The molecule has 2 aromatic rings. The number of ether oxygens (including phenoxy) is 1. The molecule has 1 amide bonds. The number of benzene rings is 2. The van der Waals surface area contributed by atoms with Crippen LogP contribution in [0.1, 0.15) is 10.4 Å². The van der Waals surface area contributed by atoms with Crippen molar-refractivity contribution in [1.82, 2.24) is 9.84 Å². The molecule has 0 saturated carbocycles. The quantitative estimate of drug-likeness (QED) is 0.621. The predicted octanol–water partition coefficient (Wildman–Crippen LogP) is 1.27. The summed E-state index contributed by atoms with van der Waals surface area (Å²) in [5, 5.41) is -0.351. The average Bonchev–Trinajstić information content (AvgIpc) is 2.59. The first-order chi connectivity index (χ1) is 11.4. The summed E-state index contributed by atoms with van der Waals surface area (Å²) >= 11 is 4.69. The summed E-state index contributed by atoms with van der Waals surface area (Å²) in [6.07, 6.45) is 0. The fourth-order valence-electron chi connectivity index (χ4n) is 1.87. The molecule has 7 nitrogen and oxygen atoms in total. The van der Waals surface area contributed by atoms with Gasteiger partial charge in [0.05, 0.1) is 12.0 Å². The molecule has 0 radical (unpaired) electrons. The van der Waals surface area contributed by atoms with Crippen molar-refractivity contribution >= 4 is 33.3 Å². The van der Waals surface area contributed by atoms with E-state index in [2.05, 4.69) is 17.6 Å². The zero-order valence-corrected chi connectivity index (χ0v) is 14.3. The van der Waals surface area contributed by atoms with Crippen molar-refractivity contribution in [3.05, 3.63) is 60.2 Å². The zero-order valence-electron chi connectivity index (χ0n) is 12.7. The van der Waals surface area contributed by atoms with Gasteiger partial charge in [-0.25, -0.2) is 0 Å². The van der Waals surface area contributed by atoms with Crippen LogP contribution in [-0.2, 0) is 10.0 Å². The second-order valence-electron chi connectivity index (χ2n) is 4.59. The maximum atomic E-state index is 12.8. The number of hydrazine groups is 1. The first-order valence-corrected chi connectivity index (χ1v) is 8.56. The van der Waals surface area contributed by atoms with Crippen LogP contribution < -0.4 is 15.9 Å². The Bertz CT molecular complexity index is 837. The number of nitrogens with two attached hydrogens (primary N) is 1. The lowest BCUT2D eigenvalue weighted by molar-refractivity contribution is 0.0838. The van der Waals surface area contributed by atoms with Gasteiger partial charge < -0.3 is 10.5 Å².